The van der Waals surface area contributed by atoms with Crippen molar-refractivity contribution in [3.63, 3.8) is 0 Å². The molecule has 0 spiro atoms. The normalized spacial score (nSPS) is 32.6. The monoisotopic (exact) mass is 180 g/mol. The molecule has 1 aliphatic heterocycles. The van der Waals surface area contributed by atoms with E-state index in [1.165, 1.54) is 0 Å². The van der Waals surface area contributed by atoms with Crippen LogP contribution in [-0.4, -0.2) is 21.7 Å². The second-order valence-corrected chi connectivity index (χ2v) is 4.70. The zero-order valence-electron chi connectivity index (χ0n) is 6.49. The zero-order valence-corrected chi connectivity index (χ0v) is 7.38. The molecule has 0 saturated carbocycles. The molecule has 1 aliphatic rings. The van der Waals surface area contributed by atoms with Crippen molar-refractivity contribution in [3.8, 4) is 0 Å². The van der Waals surface area contributed by atoms with Crippen LogP contribution in [-0.2, 0) is 9.30 Å². The van der Waals surface area contributed by atoms with Crippen molar-refractivity contribution in [2.24, 2.45) is 0 Å². The quantitative estimate of drug-likeness (QED) is 0.624. The van der Waals surface area contributed by atoms with Gasteiger partial charge in [0.25, 0.3) is 0 Å². The average molecular weight is 180 g/mol. The topological polar surface area (TPSA) is 66.8 Å². The second kappa shape index (κ2) is 2.87. The lowest BCUT2D eigenvalue weighted by Crippen LogP contribution is -2.26. The fourth-order valence-corrected chi connectivity index (χ4v) is 2.52. The lowest BCUT2D eigenvalue weighted by atomic mass is 10.2. The summed E-state index contributed by atoms with van der Waals surface area (Å²) in [6, 6.07) is 0. The molecule has 1 saturated heterocycles. The summed E-state index contributed by atoms with van der Waals surface area (Å²) in [5, 5.41) is -1.16. The highest BCUT2D eigenvalue weighted by Crippen LogP contribution is 2.57. The van der Waals surface area contributed by atoms with E-state index in [2.05, 4.69) is 0 Å². The van der Waals surface area contributed by atoms with Gasteiger partial charge in [0, 0.05) is 6.61 Å². The zero-order chi connectivity index (χ0) is 8.54. The molecule has 4 nitrogen and oxygen atoms in total. The van der Waals surface area contributed by atoms with Gasteiger partial charge in [-0.1, -0.05) is 6.92 Å². The summed E-state index contributed by atoms with van der Waals surface area (Å²) < 4.78 is 16.0. The molecule has 1 heterocycles. The van der Waals surface area contributed by atoms with Crippen LogP contribution in [0.25, 0.3) is 0 Å². The highest BCUT2D eigenvalue weighted by molar-refractivity contribution is 7.53. The van der Waals surface area contributed by atoms with Gasteiger partial charge in [0.2, 0.25) is 0 Å². The minimum absolute atomic E-state index is 0.386. The Balaban J connectivity index is 2.84. The van der Waals surface area contributed by atoms with E-state index in [1.807, 2.05) is 0 Å². The summed E-state index contributed by atoms with van der Waals surface area (Å²) in [4.78, 5) is 17.9. The van der Waals surface area contributed by atoms with E-state index in [4.69, 9.17) is 14.5 Å². The lowest BCUT2D eigenvalue weighted by Gasteiger charge is -2.27. The van der Waals surface area contributed by atoms with Crippen LogP contribution in [0.15, 0.2) is 0 Å². The summed E-state index contributed by atoms with van der Waals surface area (Å²) in [5.41, 5.74) is 0. The second-order valence-electron chi connectivity index (χ2n) is 2.80. The maximum Gasteiger partial charge on any atom is 0.357 e. The fourth-order valence-electron chi connectivity index (χ4n) is 1.40. The highest BCUT2D eigenvalue weighted by Gasteiger charge is 2.48. The van der Waals surface area contributed by atoms with Crippen LogP contribution in [0.3, 0.4) is 0 Å². The van der Waals surface area contributed by atoms with Crippen molar-refractivity contribution >= 4 is 7.60 Å². The van der Waals surface area contributed by atoms with Gasteiger partial charge in [0.15, 0.2) is 5.34 Å². The molecule has 11 heavy (non-hydrogen) atoms. The third-order valence-corrected chi connectivity index (χ3v) is 3.90. The van der Waals surface area contributed by atoms with Crippen LogP contribution in [0.4, 0.5) is 0 Å². The maximum absolute atomic E-state index is 11.0. The van der Waals surface area contributed by atoms with E-state index >= 15 is 0 Å². The third kappa shape index (κ3) is 1.49. The van der Waals surface area contributed by atoms with E-state index in [0.717, 1.165) is 6.42 Å². The minimum atomic E-state index is -4.07. The number of hydrogen-bond acceptors (Lipinski definition) is 2. The minimum Gasteiger partial charge on any atom is -0.362 e. The standard InChI is InChI=1S/C6H13O4P/c1-2-6(11(7,8)9)4-3-5-10-6/h2-5H2,1H3,(H2,7,8,9). The van der Waals surface area contributed by atoms with Gasteiger partial charge in [0.05, 0.1) is 0 Å². The first-order chi connectivity index (χ1) is 5.02. The first-order valence-electron chi connectivity index (χ1n) is 3.71. The van der Waals surface area contributed by atoms with Crippen LogP contribution in [0.2, 0.25) is 0 Å². The maximum atomic E-state index is 11.0. The molecule has 1 fully saturated rings. The Bertz CT molecular complexity index is 179. The number of hydrogen-bond donors (Lipinski definition) is 2. The molecule has 0 aromatic carbocycles. The van der Waals surface area contributed by atoms with E-state index in [9.17, 15) is 4.57 Å². The smallest absolute Gasteiger partial charge is 0.357 e. The first kappa shape index (κ1) is 9.20. The molecule has 1 rings (SSSR count). The van der Waals surface area contributed by atoms with Crippen LogP contribution >= 0.6 is 7.60 Å². The van der Waals surface area contributed by atoms with Crippen LogP contribution in [0, 0.1) is 0 Å². The molecule has 0 radical (unpaired) electrons. The summed E-state index contributed by atoms with van der Waals surface area (Å²) >= 11 is 0. The van der Waals surface area contributed by atoms with Crippen LogP contribution in [0.1, 0.15) is 26.2 Å². The molecule has 1 atom stereocenters. The largest absolute Gasteiger partial charge is 0.362 e. The molecule has 0 amide bonds. The van der Waals surface area contributed by atoms with Gasteiger partial charge < -0.3 is 14.5 Å². The van der Waals surface area contributed by atoms with Crippen LogP contribution in [0.5, 0.6) is 0 Å². The van der Waals surface area contributed by atoms with Gasteiger partial charge in [-0.2, -0.15) is 0 Å². The van der Waals surface area contributed by atoms with Crippen molar-refractivity contribution in [2.45, 2.75) is 31.5 Å². The Hall–Kier alpha value is 0.110. The summed E-state index contributed by atoms with van der Waals surface area (Å²) in [6.45, 7) is 2.21. The molecule has 0 bridgehead atoms. The molecule has 5 heteroatoms. The predicted molar refractivity (Wildman–Crippen MR) is 40.3 cm³/mol. The Labute approximate surface area is 65.7 Å². The molecule has 1 unspecified atom stereocenters. The Kier molecular flexibility index (Phi) is 2.40. The predicted octanol–water partition coefficient (Wildman–Crippen LogP) is 1.08. The Morgan fingerprint density at radius 3 is 2.45 bits per heavy atom. The van der Waals surface area contributed by atoms with Crippen molar-refractivity contribution in [1.29, 1.82) is 0 Å². The van der Waals surface area contributed by atoms with Gasteiger partial charge in [-0.05, 0) is 19.3 Å². The summed E-state index contributed by atoms with van der Waals surface area (Å²) in [6.07, 6.45) is 1.62. The van der Waals surface area contributed by atoms with E-state index in [1.54, 1.807) is 6.92 Å². The summed E-state index contributed by atoms with van der Waals surface area (Å²) in [7, 11) is -4.07. The van der Waals surface area contributed by atoms with Crippen molar-refractivity contribution in [1.82, 2.24) is 0 Å². The first-order valence-corrected chi connectivity index (χ1v) is 5.33. The van der Waals surface area contributed by atoms with Gasteiger partial charge in [-0.15, -0.1) is 0 Å². The molecule has 66 valence electrons. The molecule has 2 N–H and O–H groups in total. The SMILES string of the molecule is CCC1(P(=O)(O)O)CCCO1. The van der Waals surface area contributed by atoms with Crippen LogP contribution < -0.4 is 0 Å². The number of rotatable bonds is 2. The van der Waals surface area contributed by atoms with E-state index in [-0.39, 0.29) is 0 Å². The van der Waals surface area contributed by atoms with Crippen molar-refractivity contribution in [2.75, 3.05) is 6.61 Å². The number of ether oxygens (including phenoxy) is 1. The highest BCUT2D eigenvalue weighted by atomic mass is 31.2. The van der Waals surface area contributed by atoms with Crippen molar-refractivity contribution in [3.05, 3.63) is 0 Å². The van der Waals surface area contributed by atoms with Gasteiger partial charge in [-0.25, -0.2) is 0 Å². The van der Waals surface area contributed by atoms with E-state index in [0.29, 0.717) is 19.4 Å². The molecule has 0 aliphatic carbocycles. The molecular weight excluding hydrogens is 167 g/mol. The molecular formula is C6H13O4P. The molecule has 0 aromatic rings. The van der Waals surface area contributed by atoms with Crippen molar-refractivity contribution < 1.29 is 19.1 Å². The lowest BCUT2D eigenvalue weighted by molar-refractivity contribution is 0.0465. The van der Waals surface area contributed by atoms with Gasteiger partial charge in [0.1, 0.15) is 0 Å². The van der Waals surface area contributed by atoms with Gasteiger partial charge >= 0.3 is 7.60 Å². The van der Waals surface area contributed by atoms with Gasteiger partial charge in [-0.3, -0.25) is 4.57 Å². The Morgan fingerprint density at radius 2 is 2.27 bits per heavy atom. The molecule has 0 aromatic heterocycles. The fraction of sp³-hybridized carbons (Fsp3) is 1.00. The average Bonchev–Trinajstić information content (AvgIpc) is 2.33. The Morgan fingerprint density at radius 1 is 1.64 bits per heavy atom. The van der Waals surface area contributed by atoms with E-state index < -0.39 is 12.9 Å². The summed E-state index contributed by atoms with van der Waals surface area (Å²) in [5.74, 6) is 0. The third-order valence-electron chi connectivity index (χ3n) is 2.17.